The molecule has 11 heteroatoms. The lowest BCUT2D eigenvalue weighted by atomic mass is 10.1. The fourth-order valence-corrected chi connectivity index (χ4v) is 9.83. The molecule has 6 aromatic rings. The highest BCUT2D eigenvalue weighted by Gasteiger charge is 2.42. The summed E-state index contributed by atoms with van der Waals surface area (Å²) in [6, 6.07) is 36.3. The Balaban J connectivity index is 1.26. The number of rotatable bonds is 13. The second kappa shape index (κ2) is 16.6. The molecular formula is C43H43N3O5S3. The van der Waals surface area contributed by atoms with E-state index in [0.29, 0.717) is 31.1 Å². The number of methoxy groups -OCH3 is 2. The molecule has 4 aromatic carbocycles. The van der Waals surface area contributed by atoms with Gasteiger partial charge >= 0.3 is 0 Å². The molecular weight excluding hydrogens is 735 g/mol. The molecule has 0 bridgehead atoms. The molecule has 1 aliphatic rings. The summed E-state index contributed by atoms with van der Waals surface area (Å²) in [5.41, 5.74) is 5.95. The van der Waals surface area contributed by atoms with Gasteiger partial charge in [-0.05, 0) is 69.3 Å². The summed E-state index contributed by atoms with van der Waals surface area (Å²) in [5, 5.41) is 4.11. The van der Waals surface area contributed by atoms with Gasteiger partial charge in [-0.15, -0.1) is 22.7 Å². The van der Waals surface area contributed by atoms with Crippen molar-refractivity contribution in [3.8, 4) is 32.4 Å². The first-order valence-corrected chi connectivity index (χ1v) is 21.1. The zero-order valence-corrected chi connectivity index (χ0v) is 33.0. The van der Waals surface area contributed by atoms with Gasteiger partial charge in [0.05, 0.1) is 19.1 Å². The number of hydrogen-bond acceptors (Lipinski definition) is 8. The number of anilines is 1. The smallest absolute Gasteiger partial charge is 0.243 e. The second-order valence-corrected chi connectivity index (χ2v) is 17.0. The number of hydrogen-bond donors (Lipinski definition) is 0. The molecule has 1 atom stereocenters. The van der Waals surface area contributed by atoms with E-state index in [4.69, 9.17) is 9.47 Å². The third-order valence-electron chi connectivity index (χ3n) is 9.83. The summed E-state index contributed by atoms with van der Waals surface area (Å²) in [5.74, 6) is 0.946. The Kier molecular flexibility index (Phi) is 11.5. The van der Waals surface area contributed by atoms with Crippen LogP contribution in [-0.2, 0) is 34.3 Å². The second-order valence-electron chi connectivity index (χ2n) is 13.2. The van der Waals surface area contributed by atoms with Gasteiger partial charge in [-0.1, -0.05) is 79.7 Å². The lowest BCUT2D eigenvalue weighted by Gasteiger charge is -2.42. The van der Waals surface area contributed by atoms with Gasteiger partial charge < -0.3 is 19.3 Å². The first kappa shape index (κ1) is 37.4. The molecule has 1 unspecified atom stereocenters. The zero-order chi connectivity index (χ0) is 37.7. The fourth-order valence-electron chi connectivity index (χ4n) is 6.79. The van der Waals surface area contributed by atoms with Crippen molar-refractivity contribution in [2.24, 2.45) is 0 Å². The monoisotopic (exact) mass is 777 g/mol. The maximum Gasteiger partial charge on any atom is 0.243 e. The highest BCUT2D eigenvalue weighted by molar-refractivity contribution is 7.89. The number of ether oxygens (including phenoxy) is 2. The molecule has 2 aromatic heterocycles. The summed E-state index contributed by atoms with van der Waals surface area (Å²) in [7, 11) is -0.853. The molecule has 1 aliphatic heterocycles. The van der Waals surface area contributed by atoms with E-state index in [1.807, 2.05) is 48.2 Å². The predicted molar refractivity (Wildman–Crippen MR) is 219 cm³/mol. The van der Waals surface area contributed by atoms with Crippen molar-refractivity contribution in [2.45, 2.75) is 37.4 Å². The summed E-state index contributed by atoms with van der Waals surface area (Å²) in [6.45, 7) is 3.28. The minimum atomic E-state index is -4.04. The largest absolute Gasteiger partial charge is 0.497 e. The van der Waals surface area contributed by atoms with E-state index < -0.39 is 16.1 Å². The molecule has 54 heavy (non-hydrogen) atoms. The lowest BCUT2D eigenvalue weighted by molar-refractivity contribution is -0.136. The van der Waals surface area contributed by atoms with Crippen molar-refractivity contribution in [3.63, 3.8) is 0 Å². The van der Waals surface area contributed by atoms with E-state index in [0.717, 1.165) is 39.9 Å². The molecule has 1 saturated heterocycles. The number of benzene rings is 4. The molecule has 0 spiro atoms. The maximum atomic E-state index is 15.2. The van der Waals surface area contributed by atoms with Gasteiger partial charge in [0.15, 0.2) is 0 Å². The molecule has 7 rings (SSSR count). The number of carbonyl (C=O) groups excluding carboxylic acids is 1. The summed E-state index contributed by atoms with van der Waals surface area (Å²) >= 11 is 3.36. The van der Waals surface area contributed by atoms with Crippen LogP contribution in [0.1, 0.15) is 23.6 Å². The van der Waals surface area contributed by atoms with Crippen LogP contribution in [0.4, 0.5) is 5.69 Å². The molecule has 0 N–H and O–H groups in total. The molecule has 8 nitrogen and oxygen atoms in total. The highest BCUT2D eigenvalue weighted by Crippen LogP contribution is 2.33. The van der Waals surface area contributed by atoms with Gasteiger partial charge in [0.1, 0.15) is 17.5 Å². The molecule has 278 valence electrons. The third-order valence-corrected chi connectivity index (χ3v) is 13.6. The molecule has 0 saturated carbocycles. The Morgan fingerprint density at radius 2 is 1.24 bits per heavy atom. The number of sulfonamides is 1. The number of thiophene rings is 2. The van der Waals surface area contributed by atoms with E-state index >= 15 is 4.79 Å². The normalized spacial score (nSPS) is 14.9. The Morgan fingerprint density at radius 1 is 0.722 bits per heavy atom. The molecule has 0 aliphatic carbocycles. The van der Waals surface area contributed by atoms with Gasteiger partial charge in [-0.3, -0.25) is 4.79 Å². The van der Waals surface area contributed by atoms with Crippen LogP contribution in [0.2, 0.25) is 0 Å². The topological polar surface area (TPSA) is 79.4 Å². The number of aryl methyl sites for hydroxylation is 1. The third kappa shape index (κ3) is 8.24. The fraction of sp³-hybridized carbons (Fsp3) is 0.233. The minimum absolute atomic E-state index is 0.118. The minimum Gasteiger partial charge on any atom is -0.497 e. The SMILES string of the molecule is CCc1ccc(S(=O)(=O)N2CCN(c3cc(OC)cc(OC)c3)CC2C(=O)N(Cc2ccc(-c3cccs3)cc2)Cc2ccc(-c3cccs3)cc2)cc1. The standard InChI is InChI=1S/C43H43N3O5S3/c1-4-31-13-19-39(20-14-31)54(48,49)46-22-21-44(36-25-37(50-2)27-38(26-36)51-3)30-40(46)43(47)45(28-32-9-15-34(16-10-32)41-7-5-23-52-41)29-33-11-17-35(18-12-33)42-8-6-24-53-42/h5-20,23-27,40H,4,21-22,28-30H2,1-3H3. The highest BCUT2D eigenvalue weighted by atomic mass is 32.2. The van der Waals surface area contributed by atoms with Crippen LogP contribution in [0.15, 0.2) is 131 Å². The van der Waals surface area contributed by atoms with Crippen LogP contribution in [0, 0.1) is 0 Å². The van der Waals surface area contributed by atoms with E-state index in [9.17, 15) is 8.42 Å². The van der Waals surface area contributed by atoms with E-state index in [-0.39, 0.29) is 23.9 Å². The van der Waals surface area contributed by atoms with Crippen molar-refractivity contribution in [1.29, 1.82) is 0 Å². The lowest BCUT2D eigenvalue weighted by Crippen LogP contribution is -2.61. The van der Waals surface area contributed by atoms with Gasteiger partial charge in [0, 0.05) is 66.4 Å². The number of amides is 1. The molecule has 1 amide bonds. The quantitative estimate of drug-likeness (QED) is 0.117. The number of carbonyl (C=O) groups is 1. The van der Waals surface area contributed by atoms with Crippen molar-refractivity contribution in [3.05, 3.63) is 143 Å². The number of piperazine rings is 1. The predicted octanol–water partition coefficient (Wildman–Crippen LogP) is 8.83. The van der Waals surface area contributed by atoms with E-state index in [2.05, 4.69) is 71.4 Å². The van der Waals surface area contributed by atoms with Crippen molar-refractivity contribution in [2.75, 3.05) is 38.8 Å². The van der Waals surface area contributed by atoms with Gasteiger partial charge in [0.2, 0.25) is 15.9 Å². The average Bonchev–Trinajstić information content (AvgIpc) is 3.97. The van der Waals surface area contributed by atoms with Crippen LogP contribution in [0.3, 0.4) is 0 Å². The van der Waals surface area contributed by atoms with Crippen molar-refractivity contribution >= 4 is 44.3 Å². The van der Waals surface area contributed by atoms with Crippen LogP contribution in [0.5, 0.6) is 11.5 Å². The molecule has 3 heterocycles. The Hall–Kier alpha value is -4.94. The molecule has 0 radical (unpaired) electrons. The van der Waals surface area contributed by atoms with E-state index in [1.165, 1.54) is 14.1 Å². The van der Waals surface area contributed by atoms with Crippen LogP contribution in [0.25, 0.3) is 20.9 Å². The Labute approximate surface area is 325 Å². The van der Waals surface area contributed by atoms with Crippen LogP contribution < -0.4 is 14.4 Å². The van der Waals surface area contributed by atoms with Gasteiger partial charge in [0.25, 0.3) is 0 Å². The van der Waals surface area contributed by atoms with Crippen LogP contribution >= 0.6 is 22.7 Å². The first-order valence-electron chi connectivity index (χ1n) is 17.9. The summed E-state index contributed by atoms with van der Waals surface area (Å²) < 4.78 is 41.5. The number of nitrogens with zero attached hydrogens (tertiary/aromatic N) is 3. The molecule has 1 fully saturated rings. The summed E-state index contributed by atoms with van der Waals surface area (Å²) in [6.07, 6.45) is 0.793. The Bertz CT molecular complexity index is 2150. The van der Waals surface area contributed by atoms with Gasteiger partial charge in [-0.2, -0.15) is 4.31 Å². The Morgan fingerprint density at radius 3 is 1.70 bits per heavy atom. The van der Waals surface area contributed by atoms with E-state index in [1.54, 1.807) is 60.0 Å². The summed E-state index contributed by atoms with van der Waals surface area (Å²) in [4.78, 5) is 21.5. The van der Waals surface area contributed by atoms with Crippen molar-refractivity contribution in [1.82, 2.24) is 9.21 Å². The average molecular weight is 778 g/mol. The maximum absolute atomic E-state index is 15.2. The van der Waals surface area contributed by atoms with Crippen LogP contribution in [-0.4, -0.2) is 63.4 Å². The zero-order valence-electron chi connectivity index (χ0n) is 30.6. The first-order chi connectivity index (χ1) is 26.2. The van der Waals surface area contributed by atoms with Gasteiger partial charge in [-0.25, -0.2) is 8.42 Å². The van der Waals surface area contributed by atoms with Crippen molar-refractivity contribution < 1.29 is 22.7 Å².